The molecule has 0 heterocycles. The lowest BCUT2D eigenvalue weighted by Crippen LogP contribution is -2.57. The molecule has 0 aliphatic carbocycles. The molecule has 1 aromatic carbocycles. The van der Waals surface area contributed by atoms with Crippen molar-refractivity contribution >= 4 is 35.5 Å². The number of nitrogens with one attached hydrogen (secondary N) is 3. The first-order valence-corrected chi connectivity index (χ1v) is 12.1. The van der Waals surface area contributed by atoms with Gasteiger partial charge in [0.05, 0.1) is 6.54 Å². The summed E-state index contributed by atoms with van der Waals surface area (Å²) in [5, 5.41) is 26.7. The Morgan fingerprint density at radius 2 is 1.55 bits per heavy atom. The van der Waals surface area contributed by atoms with Crippen LogP contribution >= 0.6 is 11.8 Å². The van der Waals surface area contributed by atoms with Gasteiger partial charge in [0.25, 0.3) is 0 Å². The number of rotatable bonds is 14. The maximum absolute atomic E-state index is 13.0. The Morgan fingerprint density at radius 3 is 2.06 bits per heavy atom. The van der Waals surface area contributed by atoms with Crippen molar-refractivity contribution in [1.82, 2.24) is 16.0 Å². The maximum Gasteiger partial charge on any atom is 0.326 e. The van der Waals surface area contributed by atoms with E-state index < -0.39 is 41.8 Å². The SMILES string of the molecule is CSCCC(NC(=O)C(Cc1ccc(O)cc1)NC(=O)C(CC(C)C)NC(=O)CN)C(=O)O. The molecule has 0 aromatic heterocycles. The number of aliphatic carboxylic acids is 1. The van der Waals surface area contributed by atoms with E-state index in [-0.39, 0.29) is 31.1 Å². The molecule has 0 fully saturated rings. The second-order valence-corrected chi connectivity index (χ2v) is 9.05. The summed E-state index contributed by atoms with van der Waals surface area (Å²) >= 11 is 1.46. The van der Waals surface area contributed by atoms with Crippen molar-refractivity contribution in [2.45, 2.75) is 51.2 Å². The lowest BCUT2D eigenvalue weighted by molar-refractivity contribution is -0.142. The van der Waals surface area contributed by atoms with E-state index in [9.17, 15) is 29.4 Å². The number of carbonyl (C=O) groups excluding carboxylic acids is 3. The normalized spacial score (nSPS) is 13.6. The molecule has 3 unspecified atom stereocenters. The third-order valence-corrected chi connectivity index (χ3v) is 5.42. The average molecular weight is 483 g/mol. The molecular weight excluding hydrogens is 448 g/mol. The van der Waals surface area contributed by atoms with Gasteiger partial charge in [-0.3, -0.25) is 14.4 Å². The first kappa shape index (κ1) is 28.2. The summed E-state index contributed by atoms with van der Waals surface area (Å²) in [6, 6.07) is 3.01. The molecule has 184 valence electrons. The molecule has 1 rings (SSSR count). The standard InChI is InChI=1S/C22H34N4O6S/c1-13(2)10-17(24-19(28)12-23)20(29)26-18(11-14-4-6-15(27)7-5-14)21(30)25-16(22(31)32)8-9-33-3/h4-7,13,16-18,27H,8-12,23H2,1-3H3,(H,24,28)(H,25,30)(H,26,29)(H,31,32). The van der Waals surface area contributed by atoms with Gasteiger partial charge in [0.1, 0.15) is 23.9 Å². The number of carboxylic acid groups (broad SMARTS) is 1. The molecule has 33 heavy (non-hydrogen) atoms. The van der Waals surface area contributed by atoms with E-state index in [2.05, 4.69) is 16.0 Å². The van der Waals surface area contributed by atoms with Crippen molar-refractivity contribution in [1.29, 1.82) is 0 Å². The van der Waals surface area contributed by atoms with E-state index in [1.165, 1.54) is 23.9 Å². The number of carboxylic acids is 1. The number of phenols is 1. The van der Waals surface area contributed by atoms with Crippen molar-refractivity contribution in [2.75, 3.05) is 18.6 Å². The van der Waals surface area contributed by atoms with Crippen LogP contribution in [0.4, 0.5) is 0 Å². The molecule has 0 aliphatic heterocycles. The van der Waals surface area contributed by atoms with Crippen LogP contribution in [0.5, 0.6) is 5.75 Å². The topological polar surface area (TPSA) is 171 Å². The van der Waals surface area contributed by atoms with Gasteiger partial charge in [-0.25, -0.2) is 4.79 Å². The Hall–Kier alpha value is -2.79. The molecule has 0 spiro atoms. The Balaban J connectivity index is 3.09. The third kappa shape index (κ3) is 10.6. The largest absolute Gasteiger partial charge is 0.508 e. The smallest absolute Gasteiger partial charge is 0.326 e. The molecule has 0 saturated heterocycles. The number of thioether (sulfide) groups is 1. The van der Waals surface area contributed by atoms with E-state index in [4.69, 9.17) is 5.73 Å². The fraction of sp³-hybridized carbons (Fsp3) is 0.545. The highest BCUT2D eigenvalue weighted by Gasteiger charge is 2.30. The first-order valence-electron chi connectivity index (χ1n) is 10.7. The van der Waals surface area contributed by atoms with Gasteiger partial charge in [-0.1, -0.05) is 26.0 Å². The first-order chi connectivity index (χ1) is 15.6. The number of carbonyl (C=O) groups is 4. The van der Waals surface area contributed by atoms with Crippen LogP contribution in [0.25, 0.3) is 0 Å². The number of hydrogen-bond donors (Lipinski definition) is 6. The Bertz CT molecular complexity index is 803. The highest BCUT2D eigenvalue weighted by molar-refractivity contribution is 7.98. The lowest BCUT2D eigenvalue weighted by atomic mass is 10.0. The number of amides is 3. The highest BCUT2D eigenvalue weighted by atomic mass is 32.2. The van der Waals surface area contributed by atoms with Gasteiger partial charge in [-0.2, -0.15) is 11.8 Å². The average Bonchev–Trinajstić information content (AvgIpc) is 2.76. The predicted molar refractivity (Wildman–Crippen MR) is 127 cm³/mol. The fourth-order valence-corrected chi connectivity index (χ4v) is 3.54. The lowest BCUT2D eigenvalue weighted by Gasteiger charge is -2.25. The summed E-state index contributed by atoms with van der Waals surface area (Å²) < 4.78 is 0. The van der Waals surface area contributed by atoms with Crippen LogP contribution in [0.2, 0.25) is 0 Å². The Morgan fingerprint density at radius 1 is 0.970 bits per heavy atom. The molecule has 0 saturated carbocycles. The van der Waals surface area contributed by atoms with E-state index >= 15 is 0 Å². The van der Waals surface area contributed by atoms with Crippen LogP contribution in [0.15, 0.2) is 24.3 Å². The Kier molecular flexibility index (Phi) is 12.3. The fourth-order valence-electron chi connectivity index (χ4n) is 3.07. The van der Waals surface area contributed by atoms with E-state index in [0.717, 1.165) is 0 Å². The van der Waals surface area contributed by atoms with Crippen LogP contribution in [0, 0.1) is 5.92 Å². The van der Waals surface area contributed by atoms with Crippen LogP contribution in [0.3, 0.4) is 0 Å². The van der Waals surface area contributed by atoms with Gasteiger partial charge in [-0.05, 0) is 48.5 Å². The summed E-state index contributed by atoms with van der Waals surface area (Å²) in [6.45, 7) is 3.49. The van der Waals surface area contributed by atoms with Gasteiger partial charge in [0, 0.05) is 6.42 Å². The van der Waals surface area contributed by atoms with Gasteiger partial charge < -0.3 is 31.9 Å². The van der Waals surface area contributed by atoms with Crippen LogP contribution in [-0.2, 0) is 25.6 Å². The van der Waals surface area contributed by atoms with Gasteiger partial charge in [0.15, 0.2) is 0 Å². The van der Waals surface area contributed by atoms with Gasteiger partial charge in [-0.15, -0.1) is 0 Å². The van der Waals surface area contributed by atoms with E-state index in [1.807, 2.05) is 20.1 Å². The second-order valence-electron chi connectivity index (χ2n) is 8.07. The van der Waals surface area contributed by atoms with Crippen LogP contribution in [-0.4, -0.2) is 70.6 Å². The quantitative estimate of drug-likeness (QED) is 0.219. The molecule has 11 heteroatoms. The van der Waals surface area contributed by atoms with Crippen molar-refractivity contribution in [2.24, 2.45) is 11.7 Å². The number of benzene rings is 1. The monoisotopic (exact) mass is 482 g/mol. The molecule has 1 aromatic rings. The zero-order valence-corrected chi connectivity index (χ0v) is 20.0. The molecule has 0 bridgehead atoms. The molecule has 3 amide bonds. The molecule has 10 nitrogen and oxygen atoms in total. The van der Waals surface area contributed by atoms with Crippen molar-refractivity contribution in [3.63, 3.8) is 0 Å². The van der Waals surface area contributed by atoms with Gasteiger partial charge >= 0.3 is 5.97 Å². The summed E-state index contributed by atoms with van der Waals surface area (Å²) in [5.74, 6) is -2.23. The molecule has 0 radical (unpaired) electrons. The number of aromatic hydroxyl groups is 1. The van der Waals surface area contributed by atoms with E-state index in [1.54, 1.807) is 12.1 Å². The minimum atomic E-state index is -1.17. The Labute approximate surface area is 198 Å². The number of phenolic OH excluding ortho intramolecular Hbond substituents is 1. The van der Waals surface area contributed by atoms with E-state index in [0.29, 0.717) is 17.7 Å². The number of nitrogens with two attached hydrogens (primary N) is 1. The summed E-state index contributed by atoms with van der Waals surface area (Å²) in [7, 11) is 0. The minimum absolute atomic E-state index is 0.0493. The highest BCUT2D eigenvalue weighted by Crippen LogP contribution is 2.13. The second kappa shape index (κ2) is 14.4. The molecule has 7 N–H and O–H groups in total. The summed E-state index contributed by atoms with van der Waals surface area (Å²) in [4.78, 5) is 49.3. The summed E-state index contributed by atoms with van der Waals surface area (Å²) in [6.07, 6.45) is 2.45. The third-order valence-electron chi connectivity index (χ3n) is 4.78. The zero-order chi connectivity index (χ0) is 25.0. The number of hydrogen-bond acceptors (Lipinski definition) is 7. The van der Waals surface area contributed by atoms with Crippen molar-refractivity contribution in [3.8, 4) is 5.75 Å². The van der Waals surface area contributed by atoms with Crippen molar-refractivity contribution in [3.05, 3.63) is 29.8 Å². The van der Waals surface area contributed by atoms with Crippen LogP contribution < -0.4 is 21.7 Å². The van der Waals surface area contributed by atoms with Crippen LogP contribution in [0.1, 0.15) is 32.3 Å². The predicted octanol–water partition coefficient (Wildman–Crippen LogP) is 0.232. The summed E-state index contributed by atoms with van der Waals surface area (Å²) in [5.41, 5.74) is 6.00. The van der Waals surface area contributed by atoms with Gasteiger partial charge in [0.2, 0.25) is 17.7 Å². The minimum Gasteiger partial charge on any atom is -0.508 e. The maximum atomic E-state index is 13.0. The molecule has 3 atom stereocenters. The zero-order valence-electron chi connectivity index (χ0n) is 19.2. The molecule has 0 aliphatic rings. The van der Waals surface area contributed by atoms with Crippen molar-refractivity contribution < 1.29 is 29.4 Å². The molecular formula is C22H34N4O6S.